The SMILES string of the molecule is C=C1NC(=O)N[C@@H](c2ccc(OCCC)cc2)[C@H]1C(=O)OC1CCCCC1. The second-order valence-electron chi connectivity index (χ2n) is 7.19. The van der Waals surface area contributed by atoms with Gasteiger partial charge >= 0.3 is 12.0 Å². The normalized spacial score (nSPS) is 23.3. The maximum Gasteiger partial charge on any atom is 0.319 e. The molecule has 6 nitrogen and oxygen atoms in total. The average molecular weight is 372 g/mol. The number of carbonyl (C=O) groups is 2. The van der Waals surface area contributed by atoms with Gasteiger partial charge < -0.3 is 20.1 Å². The zero-order valence-corrected chi connectivity index (χ0v) is 15.8. The summed E-state index contributed by atoms with van der Waals surface area (Å²) in [6.45, 7) is 6.59. The van der Waals surface area contributed by atoms with Gasteiger partial charge in [-0.25, -0.2) is 4.79 Å². The van der Waals surface area contributed by atoms with Gasteiger partial charge in [-0.2, -0.15) is 0 Å². The molecule has 2 aliphatic rings. The first-order chi connectivity index (χ1) is 13.1. The Balaban J connectivity index is 1.75. The van der Waals surface area contributed by atoms with E-state index in [0.717, 1.165) is 43.4 Å². The van der Waals surface area contributed by atoms with Crippen molar-refractivity contribution in [2.24, 2.45) is 5.92 Å². The van der Waals surface area contributed by atoms with Crippen LogP contribution in [0.1, 0.15) is 57.1 Å². The van der Waals surface area contributed by atoms with Crippen LogP contribution in [0.3, 0.4) is 0 Å². The van der Waals surface area contributed by atoms with Crippen LogP contribution in [0.25, 0.3) is 0 Å². The number of ether oxygens (including phenoxy) is 2. The Bertz CT molecular complexity index is 680. The Morgan fingerprint density at radius 2 is 1.89 bits per heavy atom. The van der Waals surface area contributed by atoms with Crippen LogP contribution in [0.2, 0.25) is 0 Å². The first-order valence-corrected chi connectivity index (χ1v) is 9.78. The van der Waals surface area contributed by atoms with Crippen LogP contribution in [0.4, 0.5) is 4.79 Å². The largest absolute Gasteiger partial charge is 0.494 e. The number of amides is 2. The molecule has 1 saturated heterocycles. The van der Waals surface area contributed by atoms with Crippen LogP contribution in [0, 0.1) is 5.92 Å². The van der Waals surface area contributed by atoms with Gasteiger partial charge in [-0.15, -0.1) is 0 Å². The van der Waals surface area contributed by atoms with Gasteiger partial charge in [0.25, 0.3) is 0 Å². The van der Waals surface area contributed by atoms with Gasteiger partial charge in [0, 0.05) is 5.70 Å². The molecule has 3 rings (SSSR count). The lowest BCUT2D eigenvalue weighted by Gasteiger charge is -2.34. The Hall–Kier alpha value is -2.50. The van der Waals surface area contributed by atoms with E-state index in [9.17, 15) is 9.59 Å². The minimum absolute atomic E-state index is 0.0397. The van der Waals surface area contributed by atoms with Gasteiger partial charge in [0.15, 0.2) is 0 Å². The van der Waals surface area contributed by atoms with Crippen LogP contribution < -0.4 is 15.4 Å². The molecule has 1 saturated carbocycles. The molecule has 1 aromatic carbocycles. The summed E-state index contributed by atoms with van der Waals surface area (Å²) in [7, 11) is 0. The smallest absolute Gasteiger partial charge is 0.319 e. The molecular weight excluding hydrogens is 344 g/mol. The maximum atomic E-state index is 12.9. The minimum atomic E-state index is -0.660. The van der Waals surface area contributed by atoms with Crippen LogP contribution in [0.15, 0.2) is 36.5 Å². The molecule has 2 fully saturated rings. The van der Waals surface area contributed by atoms with Gasteiger partial charge in [0.05, 0.1) is 12.6 Å². The van der Waals surface area contributed by atoms with Crippen molar-refractivity contribution >= 4 is 12.0 Å². The molecule has 2 atom stereocenters. The van der Waals surface area contributed by atoms with Crippen molar-refractivity contribution in [1.82, 2.24) is 10.6 Å². The zero-order valence-electron chi connectivity index (χ0n) is 15.8. The molecule has 1 aliphatic carbocycles. The molecule has 1 aliphatic heterocycles. The number of urea groups is 1. The first-order valence-electron chi connectivity index (χ1n) is 9.78. The number of nitrogens with one attached hydrogen (secondary N) is 2. The van der Waals surface area contributed by atoms with Gasteiger partial charge in [-0.1, -0.05) is 32.1 Å². The number of esters is 1. The fourth-order valence-corrected chi connectivity index (χ4v) is 3.65. The quantitative estimate of drug-likeness (QED) is 0.744. The van der Waals surface area contributed by atoms with E-state index in [4.69, 9.17) is 9.47 Å². The summed E-state index contributed by atoms with van der Waals surface area (Å²) in [5.74, 6) is -0.233. The molecule has 1 aromatic rings. The van der Waals surface area contributed by atoms with Crippen LogP contribution >= 0.6 is 0 Å². The van der Waals surface area contributed by atoms with Crippen molar-refractivity contribution < 1.29 is 19.1 Å². The molecule has 0 aromatic heterocycles. The third-order valence-corrected chi connectivity index (χ3v) is 5.07. The van der Waals surface area contributed by atoms with Crippen molar-refractivity contribution in [2.75, 3.05) is 6.61 Å². The highest BCUT2D eigenvalue weighted by Gasteiger charge is 2.39. The molecule has 2 N–H and O–H groups in total. The second kappa shape index (κ2) is 8.93. The maximum absolute atomic E-state index is 12.9. The number of benzene rings is 1. The van der Waals surface area contributed by atoms with E-state index in [2.05, 4.69) is 17.2 Å². The van der Waals surface area contributed by atoms with Gasteiger partial charge in [0.1, 0.15) is 17.8 Å². The molecule has 0 spiro atoms. The summed E-state index contributed by atoms with van der Waals surface area (Å²) in [6, 6.07) is 6.57. The molecule has 1 heterocycles. The lowest BCUT2D eigenvalue weighted by atomic mass is 9.88. The standard InChI is InChI=1S/C21H28N2O4/c1-3-13-26-16-11-9-15(10-12-16)19-18(14(2)22-21(25)23-19)20(24)27-17-7-5-4-6-8-17/h9-12,17-19H,2-8,13H2,1H3,(H2,22,23,25)/t18-,19-/m0/s1. The predicted octanol–water partition coefficient (Wildman–Crippen LogP) is 3.84. The van der Waals surface area contributed by atoms with Crippen LogP contribution in [-0.4, -0.2) is 24.7 Å². The Morgan fingerprint density at radius 3 is 2.56 bits per heavy atom. The van der Waals surface area contributed by atoms with E-state index >= 15 is 0 Å². The van der Waals surface area contributed by atoms with Gasteiger partial charge in [0.2, 0.25) is 0 Å². The van der Waals surface area contributed by atoms with E-state index in [1.54, 1.807) is 0 Å². The zero-order chi connectivity index (χ0) is 19.2. The van der Waals surface area contributed by atoms with E-state index in [-0.39, 0.29) is 18.1 Å². The summed E-state index contributed by atoms with van der Waals surface area (Å²) in [4.78, 5) is 24.8. The second-order valence-corrected chi connectivity index (χ2v) is 7.19. The van der Waals surface area contributed by atoms with Crippen molar-refractivity contribution in [3.05, 3.63) is 42.1 Å². The van der Waals surface area contributed by atoms with E-state index in [1.165, 1.54) is 6.42 Å². The number of hydrogen-bond donors (Lipinski definition) is 2. The Kier molecular flexibility index (Phi) is 6.37. The fraction of sp³-hybridized carbons (Fsp3) is 0.524. The molecule has 0 radical (unpaired) electrons. The average Bonchev–Trinajstić information content (AvgIpc) is 2.67. The Morgan fingerprint density at radius 1 is 1.19 bits per heavy atom. The third-order valence-electron chi connectivity index (χ3n) is 5.07. The number of hydrogen-bond acceptors (Lipinski definition) is 4. The fourth-order valence-electron chi connectivity index (χ4n) is 3.65. The van der Waals surface area contributed by atoms with Crippen LogP contribution in [-0.2, 0) is 9.53 Å². The topological polar surface area (TPSA) is 76.7 Å². The van der Waals surface area contributed by atoms with Crippen molar-refractivity contribution in [2.45, 2.75) is 57.6 Å². The molecule has 0 unspecified atom stereocenters. The molecular formula is C21H28N2O4. The first kappa shape index (κ1) is 19.3. The van der Waals surface area contributed by atoms with Gasteiger partial charge in [-0.05, 0) is 49.8 Å². The van der Waals surface area contributed by atoms with Gasteiger partial charge in [-0.3, -0.25) is 4.79 Å². The molecule has 0 bridgehead atoms. The van der Waals surface area contributed by atoms with Crippen LogP contribution in [0.5, 0.6) is 5.75 Å². The summed E-state index contributed by atoms with van der Waals surface area (Å²) in [5.41, 5.74) is 1.19. The van der Waals surface area contributed by atoms with E-state index < -0.39 is 12.0 Å². The van der Waals surface area contributed by atoms with E-state index in [1.807, 2.05) is 31.2 Å². The highest BCUT2D eigenvalue weighted by molar-refractivity contribution is 5.85. The van der Waals surface area contributed by atoms with Crippen molar-refractivity contribution in [3.8, 4) is 5.75 Å². The highest BCUT2D eigenvalue weighted by atomic mass is 16.5. The molecule has 6 heteroatoms. The lowest BCUT2D eigenvalue weighted by Crippen LogP contribution is -2.51. The molecule has 27 heavy (non-hydrogen) atoms. The summed E-state index contributed by atoms with van der Waals surface area (Å²) in [5, 5.41) is 5.46. The van der Waals surface area contributed by atoms with Crippen molar-refractivity contribution in [3.63, 3.8) is 0 Å². The minimum Gasteiger partial charge on any atom is -0.494 e. The summed E-state index contributed by atoms with van der Waals surface area (Å²) >= 11 is 0. The number of carbonyl (C=O) groups excluding carboxylic acids is 2. The molecule has 146 valence electrons. The predicted molar refractivity (Wildman–Crippen MR) is 102 cm³/mol. The highest BCUT2D eigenvalue weighted by Crippen LogP contribution is 2.32. The Labute approximate surface area is 160 Å². The van der Waals surface area contributed by atoms with Crippen molar-refractivity contribution in [1.29, 1.82) is 0 Å². The monoisotopic (exact) mass is 372 g/mol. The lowest BCUT2D eigenvalue weighted by molar-refractivity contribution is -0.155. The molecule has 2 amide bonds. The summed E-state index contributed by atoms with van der Waals surface area (Å²) in [6.07, 6.45) is 6.06. The third kappa shape index (κ3) is 4.81. The summed E-state index contributed by atoms with van der Waals surface area (Å²) < 4.78 is 11.4. The number of rotatable bonds is 6. The van der Waals surface area contributed by atoms with E-state index in [0.29, 0.717) is 12.3 Å².